The molecule has 2 aromatic carbocycles. The Morgan fingerprint density at radius 2 is 1.77 bits per heavy atom. The van der Waals surface area contributed by atoms with Crippen molar-refractivity contribution in [3.8, 4) is 5.75 Å². The summed E-state index contributed by atoms with van der Waals surface area (Å²) in [6.45, 7) is 10.2. The van der Waals surface area contributed by atoms with Crippen molar-refractivity contribution in [3.05, 3.63) is 52.6 Å². The molecular formula is C24H31N3O2S. The minimum absolute atomic E-state index is 0.0796. The first-order valence-corrected chi connectivity index (χ1v) is 11.1. The van der Waals surface area contributed by atoms with Crippen LogP contribution in [0.2, 0.25) is 0 Å². The van der Waals surface area contributed by atoms with Gasteiger partial charge in [0.05, 0.1) is 23.2 Å². The van der Waals surface area contributed by atoms with Crippen LogP contribution in [0.3, 0.4) is 0 Å². The summed E-state index contributed by atoms with van der Waals surface area (Å²) in [5.74, 6) is 0.910. The van der Waals surface area contributed by atoms with Gasteiger partial charge in [0.15, 0.2) is 5.13 Å². The fourth-order valence-corrected chi connectivity index (χ4v) is 4.66. The maximum Gasteiger partial charge on any atom is 0.233 e. The van der Waals surface area contributed by atoms with Gasteiger partial charge < -0.3 is 9.64 Å². The first-order chi connectivity index (χ1) is 14.3. The van der Waals surface area contributed by atoms with Crippen molar-refractivity contribution in [2.75, 3.05) is 38.7 Å². The molecule has 5 nitrogen and oxygen atoms in total. The molecule has 0 atom stereocenters. The molecule has 1 aromatic heterocycles. The monoisotopic (exact) mass is 425 g/mol. The molecule has 1 heterocycles. The van der Waals surface area contributed by atoms with Crippen molar-refractivity contribution in [3.63, 3.8) is 0 Å². The number of benzene rings is 2. The van der Waals surface area contributed by atoms with Crippen molar-refractivity contribution in [2.24, 2.45) is 0 Å². The van der Waals surface area contributed by atoms with E-state index in [9.17, 15) is 4.79 Å². The zero-order valence-corrected chi connectivity index (χ0v) is 19.6. The average molecular weight is 426 g/mol. The maximum atomic E-state index is 13.4. The minimum atomic E-state index is 0.0796. The number of nitrogens with zero attached hydrogens (tertiary/aromatic N) is 3. The third-order valence-electron chi connectivity index (χ3n) is 5.13. The minimum Gasteiger partial charge on any atom is -0.494 e. The van der Waals surface area contributed by atoms with E-state index in [1.54, 1.807) is 11.3 Å². The Balaban J connectivity index is 1.92. The molecule has 160 valence electrons. The number of hydrogen-bond acceptors (Lipinski definition) is 5. The average Bonchev–Trinajstić information content (AvgIpc) is 3.07. The van der Waals surface area contributed by atoms with Gasteiger partial charge in [-0.1, -0.05) is 29.0 Å². The van der Waals surface area contributed by atoms with E-state index in [0.717, 1.165) is 33.2 Å². The summed E-state index contributed by atoms with van der Waals surface area (Å²) >= 11 is 1.54. The van der Waals surface area contributed by atoms with Crippen LogP contribution < -0.4 is 9.64 Å². The number of thiazole rings is 1. The van der Waals surface area contributed by atoms with Crippen LogP contribution >= 0.6 is 11.3 Å². The lowest BCUT2D eigenvalue weighted by molar-refractivity contribution is -0.118. The molecule has 6 heteroatoms. The Hall–Kier alpha value is -2.44. The number of aryl methyl sites for hydroxylation is 3. The number of anilines is 1. The summed E-state index contributed by atoms with van der Waals surface area (Å²) < 4.78 is 6.65. The Labute approximate surface area is 183 Å². The fraction of sp³-hybridized carbons (Fsp3) is 0.417. The molecular weight excluding hydrogens is 394 g/mol. The topological polar surface area (TPSA) is 45.7 Å². The highest BCUT2D eigenvalue weighted by atomic mass is 32.1. The second kappa shape index (κ2) is 9.58. The predicted octanol–water partition coefficient (Wildman–Crippen LogP) is 4.76. The number of fused-ring (bicyclic) bond motifs is 1. The van der Waals surface area contributed by atoms with E-state index in [0.29, 0.717) is 19.6 Å². The molecule has 0 N–H and O–H groups in total. The van der Waals surface area contributed by atoms with E-state index in [1.807, 2.05) is 44.1 Å². The first-order valence-electron chi connectivity index (χ1n) is 10.3. The van der Waals surface area contributed by atoms with Crippen molar-refractivity contribution < 1.29 is 9.53 Å². The number of carbonyl (C=O) groups excluding carboxylic acids is 1. The van der Waals surface area contributed by atoms with E-state index in [4.69, 9.17) is 9.72 Å². The Morgan fingerprint density at radius 3 is 2.40 bits per heavy atom. The molecule has 0 fully saturated rings. The highest BCUT2D eigenvalue weighted by Crippen LogP contribution is 2.32. The Kier molecular flexibility index (Phi) is 7.10. The lowest BCUT2D eigenvalue weighted by Crippen LogP contribution is -2.37. The third kappa shape index (κ3) is 5.18. The van der Waals surface area contributed by atoms with Crippen LogP contribution in [-0.4, -0.2) is 49.6 Å². The molecule has 0 saturated carbocycles. The largest absolute Gasteiger partial charge is 0.494 e. The summed E-state index contributed by atoms with van der Waals surface area (Å²) in [6.07, 6.45) is 0.380. The number of rotatable bonds is 8. The van der Waals surface area contributed by atoms with Crippen molar-refractivity contribution in [2.45, 2.75) is 34.1 Å². The number of carbonyl (C=O) groups is 1. The van der Waals surface area contributed by atoms with Gasteiger partial charge in [-0.05, 0) is 76.7 Å². The first kappa shape index (κ1) is 22.2. The lowest BCUT2D eigenvalue weighted by Gasteiger charge is -2.23. The maximum absolute atomic E-state index is 13.4. The quantitative estimate of drug-likeness (QED) is 0.522. The summed E-state index contributed by atoms with van der Waals surface area (Å²) in [7, 11) is 4.03. The van der Waals surface area contributed by atoms with Gasteiger partial charge in [0.25, 0.3) is 0 Å². The molecule has 0 aliphatic carbocycles. The second-order valence-electron chi connectivity index (χ2n) is 7.96. The summed E-state index contributed by atoms with van der Waals surface area (Å²) in [5.41, 5.74) is 5.56. The van der Waals surface area contributed by atoms with Gasteiger partial charge in [0, 0.05) is 13.1 Å². The standard InChI is InChI=1S/C24H31N3O2S/c1-7-29-19-8-9-21-22(14-19)30-24(25-21)27(11-10-26(5)6)23(28)15-20-17(3)12-16(2)13-18(20)4/h8-9,12-14H,7,10-11,15H2,1-6H3. The summed E-state index contributed by atoms with van der Waals surface area (Å²) in [5, 5.41) is 0.743. The molecule has 3 rings (SSSR count). The predicted molar refractivity (Wildman–Crippen MR) is 126 cm³/mol. The molecule has 0 saturated heterocycles. The highest BCUT2D eigenvalue weighted by Gasteiger charge is 2.22. The third-order valence-corrected chi connectivity index (χ3v) is 6.17. The van der Waals surface area contributed by atoms with Crippen LogP contribution in [0.15, 0.2) is 30.3 Å². The molecule has 1 amide bonds. The van der Waals surface area contributed by atoms with Crippen LogP contribution in [0.1, 0.15) is 29.2 Å². The Bertz CT molecular complexity index is 1020. The molecule has 30 heavy (non-hydrogen) atoms. The zero-order chi connectivity index (χ0) is 21.8. The van der Waals surface area contributed by atoms with Gasteiger partial charge in [0.2, 0.25) is 5.91 Å². The van der Waals surface area contributed by atoms with Gasteiger partial charge in [-0.2, -0.15) is 0 Å². The van der Waals surface area contributed by atoms with Gasteiger partial charge in [0.1, 0.15) is 5.75 Å². The number of amides is 1. The molecule has 0 unspecified atom stereocenters. The number of likely N-dealkylation sites (N-methyl/N-ethyl adjacent to an activating group) is 1. The molecule has 0 aliphatic heterocycles. The fourth-order valence-electron chi connectivity index (χ4n) is 3.63. The zero-order valence-electron chi connectivity index (χ0n) is 18.8. The number of ether oxygens (including phenoxy) is 1. The number of hydrogen-bond donors (Lipinski definition) is 0. The van der Waals surface area contributed by atoms with Crippen molar-refractivity contribution in [1.82, 2.24) is 9.88 Å². The number of aromatic nitrogens is 1. The van der Waals surface area contributed by atoms with Crippen LogP contribution in [-0.2, 0) is 11.2 Å². The molecule has 0 radical (unpaired) electrons. The van der Waals surface area contributed by atoms with Gasteiger partial charge in [-0.3, -0.25) is 9.69 Å². The smallest absolute Gasteiger partial charge is 0.233 e. The summed E-state index contributed by atoms with van der Waals surface area (Å²) in [6, 6.07) is 10.2. The van der Waals surface area contributed by atoms with E-state index in [-0.39, 0.29) is 5.91 Å². The van der Waals surface area contributed by atoms with E-state index in [1.165, 1.54) is 16.7 Å². The summed E-state index contributed by atoms with van der Waals surface area (Å²) in [4.78, 5) is 22.1. The molecule has 0 aliphatic rings. The molecule has 0 bridgehead atoms. The van der Waals surface area contributed by atoms with Crippen molar-refractivity contribution >= 4 is 32.6 Å². The SMILES string of the molecule is CCOc1ccc2nc(N(CCN(C)C)C(=O)Cc3c(C)cc(C)cc3C)sc2c1. The van der Waals surface area contributed by atoms with Crippen LogP contribution in [0.25, 0.3) is 10.2 Å². The highest BCUT2D eigenvalue weighted by molar-refractivity contribution is 7.22. The van der Waals surface area contributed by atoms with Gasteiger partial charge >= 0.3 is 0 Å². The second-order valence-corrected chi connectivity index (χ2v) is 8.97. The Morgan fingerprint density at radius 1 is 1.07 bits per heavy atom. The van der Waals surface area contributed by atoms with Crippen LogP contribution in [0.5, 0.6) is 5.75 Å². The van der Waals surface area contributed by atoms with E-state index >= 15 is 0 Å². The normalized spacial score (nSPS) is 11.3. The van der Waals surface area contributed by atoms with Gasteiger partial charge in [-0.25, -0.2) is 4.98 Å². The van der Waals surface area contributed by atoms with E-state index in [2.05, 4.69) is 37.8 Å². The lowest BCUT2D eigenvalue weighted by atomic mass is 9.97. The van der Waals surface area contributed by atoms with Crippen molar-refractivity contribution in [1.29, 1.82) is 0 Å². The van der Waals surface area contributed by atoms with Gasteiger partial charge in [-0.15, -0.1) is 0 Å². The molecule has 3 aromatic rings. The van der Waals surface area contributed by atoms with Crippen LogP contribution in [0.4, 0.5) is 5.13 Å². The van der Waals surface area contributed by atoms with Crippen LogP contribution in [0, 0.1) is 20.8 Å². The molecule has 0 spiro atoms. The van der Waals surface area contributed by atoms with E-state index < -0.39 is 0 Å².